The second-order valence-corrected chi connectivity index (χ2v) is 6.19. The summed E-state index contributed by atoms with van der Waals surface area (Å²) < 4.78 is 0.977. The number of fused-ring (bicyclic) bond motifs is 1. The van der Waals surface area contributed by atoms with E-state index in [1.807, 2.05) is 48.6 Å². The van der Waals surface area contributed by atoms with Gasteiger partial charge in [-0.25, -0.2) is 4.99 Å². The van der Waals surface area contributed by atoms with E-state index < -0.39 is 0 Å². The van der Waals surface area contributed by atoms with Crippen LogP contribution in [0, 0.1) is 0 Å². The first kappa shape index (κ1) is 12.6. The molecular formula is C15H10BrNOS. The Bertz CT molecular complexity index is 658. The predicted octanol–water partition coefficient (Wildman–Crippen LogP) is 4.00. The molecule has 0 saturated carbocycles. The normalized spacial score (nSPS) is 23.4. The summed E-state index contributed by atoms with van der Waals surface area (Å²) in [5, 5.41) is 0.149. The summed E-state index contributed by atoms with van der Waals surface area (Å²) in [5.41, 5.74) is 1.83. The fourth-order valence-electron chi connectivity index (χ4n) is 1.90. The molecule has 1 amide bonds. The first-order valence-electron chi connectivity index (χ1n) is 5.85. The van der Waals surface area contributed by atoms with Crippen molar-refractivity contribution in [1.82, 2.24) is 0 Å². The fraction of sp³-hybridized carbons (Fsp3) is 0.0667. The highest BCUT2D eigenvalue weighted by atomic mass is 79.9. The number of aliphatic imine (C=N–C) groups is 1. The molecule has 0 spiro atoms. The molecule has 1 aromatic rings. The molecule has 1 atom stereocenters. The SMILES string of the molecule is O=C1N=C2C=CC=CC2S/C1=C/c1ccccc1Br. The van der Waals surface area contributed by atoms with E-state index in [9.17, 15) is 4.79 Å². The van der Waals surface area contributed by atoms with Crippen LogP contribution in [0.5, 0.6) is 0 Å². The van der Waals surface area contributed by atoms with Crippen LogP contribution >= 0.6 is 27.7 Å². The lowest BCUT2D eigenvalue weighted by molar-refractivity contribution is -0.113. The molecule has 0 aromatic heterocycles. The second-order valence-electron chi connectivity index (χ2n) is 4.15. The Morgan fingerprint density at radius 1 is 1.26 bits per heavy atom. The average molecular weight is 332 g/mol. The number of allylic oxidation sites excluding steroid dienone is 3. The summed E-state index contributed by atoms with van der Waals surface area (Å²) in [4.78, 5) is 16.8. The van der Waals surface area contributed by atoms with E-state index in [2.05, 4.69) is 27.0 Å². The monoisotopic (exact) mass is 331 g/mol. The van der Waals surface area contributed by atoms with Gasteiger partial charge in [0.05, 0.1) is 15.9 Å². The van der Waals surface area contributed by atoms with Crippen LogP contribution in [-0.4, -0.2) is 16.9 Å². The Kier molecular flexibility index (Phi) is 3.53. The smallest absolute Gasteiger partial charge is 0.266 e. The first-order chi connectivity index (χ1) is 9.24. The first-order valence-corrected chi connectivity index (χ1v) is 7.52. The summed E-state index contributed by atoms with van der Waals surface area (Å²) in [6.07, 6.45) is 9.74. The van der Waals surface area contributed by atoms with Gasteiger partial charge >= 0.3 is 0 Å². The molecule has 0 saturated heterocycles. The molecular weight excluding hydrogens is 322 g/mol. The van der Waals surface area contributed by atoms with Crippen LogP contribution in [0.4, 0.5) is 0 Å². The largest absolute Gasteiger partial charge is 0.283 e. The van der Waals surface area contributed by atoms with Crippen molar-refractivity contribution in [3.8, 4) is 0 Å². The van der Waals surface area contributed by atoms with Crippen LogP contribution in [0.15, 0.2) is 62.9 Å². The van der Waals surface area contributed by atoms with Crippen molar-refractivity contribution in [3.05, 3.63) is 63.5 Å². The van der Waals surface area contributed by atoms with Crippen LogP contribution in [0.1, 0.15) is 5.56 Å². The summed E-state index contributed by atoms with van der Waals surface area (Å²) in [6.45, 7) is 0. The van der Waals surface area contributed by atoms with E-state index in [1.165, 1.54) is 0 Å². The third-order valence-corrected chi connectivity index (χ3v) is 4.76. The van der Waals surface area contributed by atoms with Crippen molar-refractivity contribution in [3.63, 3.8) is 0 Å². The van der Waals surface area contributed by atoms with Gasteiger partial charge in [0.15, 0.2) is 0 Å². The molecule has 0 N–H and O–H groups in total. The zero-order valence-electron chi connectivity index (χ0n) is 9.92. The number of halogens is 1. The number of amides is 1. The van der Waals surface area contributed by atoms with Gasteiger partial charge in [-0.1, -0.05) is 52.4 Å². The van der Waals surface area contributed by atoms with Gasteiger partial charge in [0.25, 0.3) is 5.91 Å². The maximum Gasteiger partial charge on any atom is 0.283 e. The molecule has 3 rings (SSSR count). The predicted molar refractivity (Wildman–Crippen MR) is 84.2 cm³/mol. The molecule has 1 aromatic carbocycles. The third-order valence-electron chi connectivity index (χ3n) is 2.84. The number of carbonyl (C=O) groups excluding carboxylic acids is 1. The standard InChI is InChI=1S/C15H10BrNOS/c16-11-6-2-1-5-10(11)9-14-15(18)17-12-7-3-4-8-13(12)19-14/h1-9,13H/b14-9+. The van der Waals surface area contributed by atoms with Gasteiger partial charge in [0, 0.05) is 4.47 Å². The van der Waals surface area contributed by atoms with Crippen LogP contribution < -0.4 is 0 Å². The molecule has 0 fully saturated rings. The average Bonchev–Trinajstić information content (AvgIpc) is 2.42. The molecule has 0 bridgehead atoms. The molecule has 4 heteroatoms. The van der Waals surface area contributed by atoms with Gasteiger partial charge in [0.1, 0.15) is 0 Å². The molecule has 94 valence electrons. The Labute approximate surface area is 124 Å². The number of nitrogens with zero attached hydrogens (tertiary/aromatic N) is 1. The van der Waals surface area contributed by atoms with Gasteiger partial charge in [-0.2, -0.15) is 0 Å². The van der Waals surface area contributed by atoms with Gasteiger partial charge in [-0.15, -0.1) is 11.8 Å². The maximum absolute atomic E-state index is 12.0. The molecule has 1 unspecified atom stereocenters. The van der Waals surface area contributed by atoms with Crippen LogP contribution in [0.25, 0.3) is 6.08 Å². The molecule has 1 heterocycles. The highest BCUT2D eigenvalue weighted by Crippen LogP contribution is 2.33. The highest BCUT2D eigenvalue weighted by Gasteiger charge is 2.25. The van der Waals surface area contributed by atoms with E-state index in [0.29, 0.717) is 4.91 Å². The fourth-order valence-corrected chi connectivity index (χ4v) is 3.34. The number of rotatable bonds is 1. The van der Waals surface area contributed by atoms with Crippen molar-refractivity contribution >= 4 is 45.4 Å². The minimum atomic E-state index is -0.160. The molecule has 1 aliphatic heterocycles. The third kappa shape index (κ3) is 2.65. The summed E-state index contributed by atoms with van der Waals surface area (Å²) in [6, 6.07) is 7.84. The van der Waals surface area contributed by atoms with Gasteiger partial charge in [-0.3, -0.25) is 4.79 Å². The number of thioether (sulfide) groups is 1. The Morgan fingerprint density at radius 3 is 2.95 bits per heavy atom. The van der Waals surface area contributed by atoms with Crippen molar-refractivity contribution in [2.45, 2.75) is 5.25 Å². The lowest BCUT2D eigenvalue weighted by Gasteiger charge is -2.20. The molecule has 19 heavy (non-hydrogen) atoms. The lowest BCUT2D eigenvalue weighted by atomic mass is 10.1. The Balaban J connectivity index is 1.97. The van der Waals surface area contributed by atoms with E-state index in [-0.39, 0.29) is 11.2 Å². The topological polar surface area (TPSA) is 29.4 Å². The van der Waals surface area contributed by atoms with Crippen molar-refractivity contribution in [1.29, 1.82) is 0 Å². The summed E-state index contributed by atoms with van der Waals surface area (Å²) in [7, 11) is 0. The highest BCUT2D eigenvalue weighted by molar-refractivity contribution is 9.10. The Morgan fingerprint density at radius 2 is 2.11 bits per heavy atom. The zero-order chi connectivity index (χ0) is 13.2. The number of hydrogen-bond donors (Lipinski definition) is 0. The number of benzene rings is 1. The number of hydrogen-bond acceptors (Lipinski definition) is 2. The molecule has 2 aliphatic rings. The quantitative estimate of drug-likeness (QED) is 0.728. The maximum atomic E-state index is 12.0. The van der Waals surface area contributed by atoms with Gasteiger partial charge in [-0.05, 0) is 23.8 Å². The van der Waals surface area contributed by atoms with Gasteiger partial charge in [0.2, 0.25) is 0 Å². The lowest BCUT2D eigenvalue weighted by Crippen LogP contribution is -2.22. The minimum absolute atomic E-state index is 0.149. The van der Waals surface area contributed by atoms with E-state index in [0.717, 1.165) is 15.7 Å². The van der Waals surface area contributed by atoms with Crippen molar-refractivity contribution < 1.29 is 4.79 Å². The van der Waals surface area contributed by atoms with Crippen LogP contribution in [0.2, 0.25) is 0 Å². The van der Waals surface area contributed by atoms with E-state index in [1.54, 1.807) is 11.8 Å². The van der Waals surface area contributed by atoms with E-state index in [4.69, 9.17) is 0 Å². The molecule has 2 nitrogen and oxygen atoms in total. The van der Waals surface area contributed by atoms with Gasteiger partial charge < -0.3 is 0 Å². The Hall–Kier alpha value is -1.39. The summed E-state index contributed by atoms with van der Waals surface area (Å²) >= 11 is 5.03. The second kappa shape index (κ2) is 5.31. The van der Waals surface area contributed by atoms with E-state index >= 15 is 0 Å². The number of carbonyl (C=O) groups is 1. The zero-order valence-corrected chi connectivity index (χ0v) is 12.3. The van der Waals surface area contributed by atoms with Crippen molar-refractivity contribution in [2.75, 3.05) is 0 Å². The minimum Gasteiger partial charge on any atom is -0.266 e. The van der Waals surface area contributed by atoms with Crippen LogP contribution in [-0.2, 0) is 4.79 Å². The van der Waals surface area contributed by atoms with Crippen molar-refractivity contribution in [2.24, 2.45) is 4.99 Å². The molecule has 1 aliphatic carbocycles. The summed E-state index contributed by atoms with van der Waals surface area (Å²) in [5.74, 6) is -0.160. The molecule has 0 radical (unpaired) electrons. The van der Waals surface area contributed by atoms with Crippen LogP contribution in [0.3, 0.4) is 0 Å².